The van der Waals surface area contributed by atoms with Crippen LogP contribution in [0.4, 0.5) is 11.6 Å². The van der Waals surface area contributed by atoms with Gasteiger partial charge >= 0.3 is 0 Å². The van der Waals surface area contributed by atoms with Gasteiger partial charge in [0.25, 0.3) is 0 Å². The lowest BCUT2D eigenvalue weighted by atomic mass is 10.1. The molecule has 0 saturated carbocycles. The lowest BCUT2D eigenvalue weighted by Gasteiger charge is -2.29. The van der Waals surface area contributed by atoms with Crippen LogP contribution in [-0.2, 0) is 0 Å². The molecule has 0 aromatic carbocycles. The normalized spacial score (nSPS) is 11.8. The minimum Gasteiger partial charge on any atom is -0.389 e. The fourth-order valence-electron chi connectivity index (χ4n) is 2.05. The standard InChI is InChI=1S/C13H21N5O/c1-5-17(9-13(2,3)19)12-11-15-6-7-18(11)8-10(14-4)16-12/h6-8,14,19H,5,9H2,1-4H3. The van der Waals surface area contributed by atoms with Gasteiger partial charge in [-0.05, 0) is 20.8 Å². The Hall–Kier alpha value is -1.82. The fourth-order valence-corrected chi connectivity index (χ4v) is 2.05. The highest BCUT2D eigenvalue weighted by Gasteiger charge is 2.21. The van der Waals surface area contributed by atoms with Crippen molar-refractivity contribution in [3.8, 4) is 0 Å². The molecule has 0 radical (unpaired) electrons. The summed E-state index contributed by atoms with van der Waals surface area (Å²) in [6.45, 7) is 6.89. The van der Waals surface area contributed by atoms with Crippen LogP contribution in [0.2, 0.25) is 0 Å². The average molecular weight is 263 g/mol. The van der Waals surface area contributed by atoms with Gasteiger partial charge < -0.3 is 19.7 Å². The van der Waals surface area contributed by atoms with E-state index in [4.69, 9.17) is 0 Å². The molecular weight excluding hydrogens is 242 g/mol. The molecule has 104 valence electrons. The van der Waals surface area contributed by atoms with E-state index in [-0.39, 0.29) is 0 Å². The number of nitrogens with zero attached hydrogens (tertiary/aromatic N) is 4. The Labute approximate surface area is 113 Å². The van der Waals surface area contributed by atoms with E-state index in [9.17, 15) is 5.11 Å². The first kappa shape index (κ1) is 13.6. The maximum atomic E-state index is 10.0. The monoisotopic (exact) mass is 263 g/mol. The van der Waals surface area contributed by atoms with E-state index >= 15 is 0 Å². The number of hydrogen-bond acceptors (Lipinski definition) is 5. The van der Waals surface area contributed by atoms with Crippen molar-refractivity contribution in [1.29, 1.82) is 0 Å². The number of nitrogens with one attached hydrogen (secondary N) is 1. The van der Waals surface area contributed by atoms with Crippen molar-refractivity contribution in [2.24, 2.45) is 0 Å². The number of anilines is 2. The first-order valence-corrected chi connectivity index (χ1v) is 6.43. The Morgan fingerprint density at radius 1 is 1.47 bits per heavy atom. The van der Waals surface area contributed by atoms with E-state index in [2.05, 4.69) is 15.3 Å². The van der Waals surface area contributed by atoms with E-state index in [1.807, 2.05) is 35.7 Å². The quantitative estimate of drug-likeness (QED) is 0.853. The van der Waals surface area contributed by atoms with Crippen LogP contribution in [0.25, 0.3) is 5.65 Å². The highest BCUT2D eigenvalue weighted by Crippen LogP contribution is 2.22. The molecule has 0 bridgehead atoms. The van der Waals surface area contributed by atoms with Gasteiger partial charge in [-0.2, -0.15) is 0 Å². The van der Waals surface area contributed by atoms with Gasteiger partial charge in [-0.1, -0.05) is 0 Å². The van der Waals surface area contributed by atoms with E-state index in [0.717, 1.165) is 23.8 Å². The predicted octanol–water partition coefficient (Wildman–Crippen LogP) is 1.37. The zero-order valence-electron chi connectivity index (χ0n) is 11.9. The number of hydrogen-bond donors (Lipinski definition) is 2. The van der Waals surface area contributed by atoms with Gasteiger partial charge in [-0.15, -0.1) is 0 Å². The van der Waals surface area contributed by atoms with Crippen molar-refractivity contribution in [2.45, 2.75) is 26.4 Å². The largest absolute Gasteiger partial charge is 0.389 e. The van der Waals surface area contributed by atoms with E-state index in [0.29, 0.717) is 6.54 Å². The molecular formula is C13H21N5O. The fraction of sp³-hybridized carbons (Fsp3) is 0.538. The summed E-state index contributed by atoms with van der Waals surface area (Å²) in [7, 11) is 1.83. The summed E-state index contributed by atoms with van der Waals surface area (Å²) in [6, 6.07) is 0. The van der Waals surface area contributed by atoms with Crippen molar-refractivity contribution in [1.82, 2.24) is 14.4 Å². The zero-order valence-corrected chi connectivity index (χ0v) is 11.9. The highest BCUT2D eigenvalue weighted by atomic mass is 16.3. The minimum atomic E-state index is -0.781. The summed E-state index contributed by atoms with van der Waals surface area (Å²) in [4.78, 5) is 10.9. The second kappa shape index (κ2) is 5.05. The van der Waals surface area contributed by atoms with Crippen LogP contribution in [0, 0.1) is 0 Å². The predicted molar refractivity (Wildman–Crippen MR) is 76.7 cm³/mol. The molecule has 0 spiro atoms. The summed E-state index contributed by atoms with van der Waals surface area (Å²) in [5, 5.41) is 13.1. The van der Waals surface area contributed by atoms with Crippen LogP contribution >= 0.6 is 0 Å². The van der Waals surface area contributed by atoms with Crippen LogP contribution in [0.5, 0.6) is 0 Å². The molecule has 0 fully saturated rings. The maximum Gasteiger partial charge on any atom is 0.180 e. The topological polar surface area (TPSA) is 65.7 Å². The lowest BCUT2D eigenvalue weighted by Crippen LogP contribution is -2.39. The van der Waals surface area contributed by atoms with E-state index in [1.165, 1.54) is 0 Å². The summed E-state index contributed by atoms with van der Waals surface area (Å²) >= 11 is 0. The van der Waals surface area contributed by atoms with Crippen LogP contribution in [0.1, 0.15) is 20.8 Å². The molecule has 0 aliphatic heterocycles. The van der Waals surface area contributed by atoms with Gasteiger partial charge in [0, 0.05) is 32.5 Å². The van der Waals surface area contributed by atoms with Gasteiger partial charge in [-0.3, -0.25) is 0 Å². The number of likely N-dealkylation sites (N-methyl/N-ethyl adjacent to an activating group) is 1. The van der Waals surface area contributed by atoms with Gasteiger partial charge in [0.2, 0.25) is 0 Å². The molecule has 0 amide bonds. The third-order valence-corrected chi connectivity index (χ3v) is 2.87. The van der Waals surface area contributed by atoms with Gasteiger partial charge in [0.15, 0.2) is 11.5 Å². The molecule has 0 aliphatic carbocycles. The Kier molecular flexibility index (Phi) is 3.61. The van der Waals surface area contributed by atoms with Crippen molar-refractivity contribution in [3.05, 3.63) is 18.6 Å². The van der Waals surface area contributed by atoms with Crippen molar-refractivity contribution in [2.75, 3.05) is 30.4 Å². The first-order valence-electron chi connectivity index (χ1n) is 6.43. The van der Waals surface area contributed by atoms with Crippen LogP contribution in [0.3, 0.4) is 0 Å². The second-order valence-corrected chi connectivity index (χ2v) is 5.18. The van der Waals surface area contributed by atoms with Crippen LogP contribution in [-0.4, -0.2) is 45.2 Å². The Morgan fingerprint density at radius 2 is 2.21 bits per heavy atom. The Morgan fingerprint density at radius 3 is 2.79 bits per heavy atom. The lowest BCUT2D eigenvalue weighted by molar-refractivity contribution is 0.0874. The summed E-state index contributed by atoms with van der Waals surface area (Å²) in [5.74, 6) is 1.55. The first-order chi connectivity index (χ1) is 8.94. The maximum absolute atomic E-state index is 10.0. The smallest absolute Gasteiger partial charge is 0.180 e. The summed E-state index contributed by atoms with van der Waals surface area (Å²) < 4.78 is 1.93. The second-order valence-electron chi connectivity index (χ2n) is 5.18. The van der Waals surface area contributed by atoms with Crippen molar-refractivity contribution >= 4 is 17.3 Å². The molecule has 2 aromatic rings. The molecule has 0 unspecified atom stereocenters. The zero-order chi connectivity index (χ0) is 14.0. The molecule has 2 heterocycles. The van der Waals surface area contributed by atoms with Gasteiger partial charge in [-0.25, -0.2) is 9.97 Å². The molecule has 0 atom stereocenters. The highest BCUT2D eigenvalue weighted by molar-refractivity contribution is 5.66. The summed E-state index contributed by atoms with van der Waals surface area (Å²) in [6.07, 6.45) is 5.53. The van der Waals surface area contributed by atoms with Gasteiger partial charge in [0.1, 0.15) is 5.82 Å². The number of aliphatic hydroxyl groups is 1. The SMILES string of the molecule is CCN(CC(C)(C)O)c1nc(NC)cn2ccnc12. The number of imidazole rings is 1. The third-order valence-electron chi connectivity index (χ3n) is 2.87. The molecule has 19 heavy (non-hydrogen) atoms. The number of rotatable bonds is 5. The number of aromatic nitrogens is 3. The third kappa shape index (κ3) is 2.96. The molecule has 6 heteroatoms. The van der Waals surface area contributed by atoms with Crippen molar-refractivity contribution < 1.29 is 5.11 Å². The molecule has 2 rings (SSSR count). The summed E-state index contributed by atoms with van der Waals surface area (Å²) in [5.41, 5.74) is 0.0156. The molecule has 2 N–H and O–H groups in total. The molecule has 0 aliphatic rings. The van der Waals surface area contributed by atoms with Crippen LogP contribution < -0.4 is 10.2 Å². The van der Waals surface area contributed by atoms with Crippen LogP contribution in [0.15, 0.2) is 18.6 Å². The van der Waals surface area contributed by atoms with Crippen molar-refractivity contribution in [3.63, 3.8) is 0 Å². The average Bonchev–Trinajstić information content (AvgIpc) is 2.81. The van der Waals surface area contributed by atoms with E-state index < -0.39 is 5.60 Å². The van der Waals surface area contributed by atoms with Gasteiger partial charge in [0.05, 0.1) is 11.8 Å². The molecule has 2 aromatic heterocycles. The Balaban J connectivity index is 2.48. The molecule has 0 saturated heterocycles. The Bertz CT molecular complexity index is 558. The number of fused-ring (bicyclic) bond motifs is 1. The van der Waals surface area contributed by atoms with E-state index in [1.54, 1.807) is 20.0 Å². The minimum absolute atomic E-state index is 0.506. The molecule has 6 nitrogen and oxygen atoms in total.